The molecule has 0 bridgehead atoms. The minimum Gasteiger partial charge on any atom is -0.478 e. The maximum Gasteiger partial charge on any atom is 0.337 e. The maximum atomic E-state index is 12.0. The number of hydrogen-bond donors (Lipinski definition) is 1. The SMILES string of the molecule is CC(=O)N(CC1CC1)c1ccc(-c2ccc(C(=O)O)cn2)cc1C. The lowest BCUT2D eigenvalue weighted by Crippen LogP contribution is -2.31. The Kier molecular flexibility index (Phi) is 4.34. The van der Waals surface area contributed by atoms with E-state index in [0.717, 1.165) is 23.4 Å². The molecule has 0 radical (unpaired) electrons. The zero-order valence-corrected chi connectivity index (χ0v) is 13.8. The van der Waals surface area contributed by atoms with Gasteiger partial charge in [-0.2, -0.15) is 0 Å². The normalized spacial score (nSPS) is 13.6. The Morgan fingerprint density at radius 3 is 2.50 bits per heavy atom. The highest BCUT2D eigenvalue weighted by Gasteiger charge is 2.27. The molecule has 2 aromatic rings. The van der Waals surface area contributed by atoms with Crippen LogP contribution in [0.25, 0.3) is 11.3 Å². The molecule has 5 heteroatoms. The van der Waals surface area contributed by atoms with Crippen LogP contribution in [0.4, 0.5) is 5.69 Å². The number of carbonyl (C=O) groups is 2. The molecule has 0 atom stereocenters. The van der Waals surface area contributed by atoms with Crippen molar-refractivity contribution >= 4 is 17.6 Å². The summed E-state index contributed by atoms with van der Waals surface area (Å²) in [5, 5.41) is 8.94. The van der Waals surface area contributed by atoms with Crippen molar-refractivity contribution in [3.8, 4) is 11.3 Å². The molecule has 1 saturated carbocycles. The second-order valence-electron chi connectivity index (χ2n) is 6.31. The molecule has 124 valence electrons. The van der Waals surface area contributed by atoms with Crippen LogP contribution in [-0.4, -0.2) is 28.5 Å². The van der Waals surface area contributed by atoms with Crippen molar-refractivity contribution in [2.45, 2.75) is 26.7 Å². The summed E-state index contributed by atoms with van der Waals surface area (Å²) in [6.07, 6.45) is 3.75. The first-order valence-electron chi connectivity index (χ1n) is 8.04. The van der Waals surface area contributed by atoms with Gasteiger partial charge in [0.05, 0.1) is 11.3 Å². The summed E-state index contributed by atoms with van der Waals surface area (Å²) in [5.41, 5.74) is 3.72. The van der Waals surface area contributed by atoms with Gasteiger partial charge in [0.2, 0.25) is 5.91 Å². The summed E-state index contributed by atoms with van der Waals surface area (Å²) in [6.45, 7) is 4.36. The highest BCUT2D eigenvalue weighted by atomic mass is 16.4. The maximum absolute atomic E-state index is 12.0. The third-order valence-electron chi connectivity index (χ3n) is 4.31. The van der Waals surface area contributed by atoms with Crippen molar-refractivity contribution < 1.29 is 14.7 Å². The molecule has 1 aliphatic carbocycles. The van der Waals surface area contributed by atoms with E-state index in [2.05, 4.69) is 4.98 Å². The smallest absolute Gasteiger partial charge is 0.337 e. The number of carbonyl (C=O) groups excluding carboxylic acids is 1. The Bertz CT molecular complexity index is 780. The van der Waals surface area contributed by atoms with Crippen LogP contribution in [0.1, 0.15) is 35.7 Å². The van der Waals surface area contributed by atoms with E-state index in [1.807, 2.05) is 30.0 Å². The van der Waals surface area contributed by atoms with Crippen LogP contribution in [0.5, 0.6) is 0 Å². The van der Waals surface area contributed by atoms with E-state index in [9.17, 15) is 9.59 Å². The first kappa shape index (κ1) is 16.2. The van der Waals surface area contributed by atoms with Gasteiger partial charge in [-0.15, -0.1) is 0 Å². The van der Waals surface area contributed by atoms with Gasteiger partial charge in [-0.25, -0.2) is 4.79 Å². The van der Waals surface area contributed by atoms with Gasteiger partial charge in [-0.1, -0.05) is 6.07 Å². The van der Waals surface area contributed by atoms with Gasteiger partial charge >= 0.3 is 5.97 Å². The van der Waals surface area contributed by atoms with Crippen LogP contribution < -0.4 is 4.90 Å². The van der Waals surface area contributed by atoms with Crippen molar-refractivity contribution in [1.82, 2.24) is 4.98 Å². The first-order chi connectivity index (χ1) is 11.5. The van der Waals surface area contributed by atoms with E-state index in [1.54, 1.807) is 19.1 Å². The molecule has 1 amide bonds. The van der Waals surface area contributed by atoms with E-state index >= 15 is 0 Å². The quantitative estimate of drug-likeness (QED) is 0.913. The fourth-order valence-corrected chi connectivity index (χ4v) is 2.76. The van der Waals surface area contributed by atoms with Crippen LogP contribution in [0.15, 0.2) is 36.5 Å². The van der Waals surface area contributed by atoms with Crippen molar-refractivity contribution in [1.29, 1.82) is 0 Å². The molecule has 0 unspecified atom stereocenters. The minimum atomic E-state index is -0.988. The van der Waals surface area contributed by atoms with E-state index in [0.29, 0.717) is 11.6 Å². The molecule has 1 aromatic carbocycles. The predicted molar refractivity (Wildman–Crippen MR) is 92.1 cm³/mol. The molecular weight excluding hydrogens is 304 g/mol. The van der Waals surface area contributed by atoms with Crippen LogP contribution in [0.3, 0.4) is 0 Å². The van der Waals surface area contributed by atoms with E-state index in [1.165, 1.54) is 19.0 Å². The number of rotatable bonds is 5. The van der Waals surface area contributed by atoms with Crippen LogP contribution >= 0.6 is 0 Å². The molecule has 1 heterocycles. The summed E-state index contributed by atoms with van der Waals surface area (Å²) in [7, 11) is 0. The van der Waals surface area contributed by atoms with Gasteiger partial charge in [-0.3, -0.25) is 9.78 Å². The minimum absolute atomic E-state index is 0.0571. The van der Waals surface area contributed by atoms with E-state index in [4.69, 9.17) is 5.11 Å². The van der Waals surface area contributed by atoms with Gasteiger partial charge in [0.15, 0.2) is 0 Å². The third-order valence-corrected chi connectivity index (χ3v) is 4.31. The zero-order chi connectivity index (χ0) is 17.3. The largest absolute Gasteiger partial charge is 0.478 e. The fourth-order valence-electron chi connectivity index (χ4n) is 2.76. The van der Waals surface area contributed by atoms with Gasteiger partial charge in [-0.05, 0) is 55.5 Å². The van der Waals surface area contributed by atoms with Crippen molar-refractivity contribution in [2.24, 2.45) is 5.92 Å². The number of aromatic nitrogens is 1. The standard InChI is InChI=1S/C19H20N2O3/c1-12-9-15(17-7-5-16(10-20-17)19(23)24)6-8-18(12)21(13(2)22)11-14-3-4-14/h5-10,14H,3-4,11H2,1-2H3,(H,23,24). The summed E-state index contributed by atoms with van der Waals surface area (Å²) in [6, 6.07) is 9.10. The first-order valence-corrected chi connectivity index (χ1v) is 8.04. The van der Waals surface area contributed by atoms with Crippen molar-refractivity contribution in [3.05, 3.63) is 47.7 Å². The molecule has 1 N–H and O–H groups in total. The Morgan fingerprint density at radius 1 is 1.25 bits per heavy atom. The highest BCUT2D eigenvalue weighted by molar-refractivity contribution is 5.93. The Labute approximate surface area is 140 Å². The van der Waals surface area contributed by atoms with Crippen molar-refractivity contribution in [2.75, 3.05) is 11.4 Å². The van der Waals surface area contributed by atoms with Gasteiger partial charge in [0, 0.05) is 30.9 Å². The molecule has 3 rings (SSSR count). The summed E-state index contributed by atoms with van der Waals surface area (Å²) < 4.78 is 0. The number of aromatic carboxylic acids is 1. The molecule has 24 heavy (non-hydrogen) atoms. The zero-order valence-electron chi connectivity index (χ0n) is 13.8. The van der Waals surface area contributed by atoms with Gasteiger partial charge < -0.3 is 10.0 Å². The molecule has 0 spiro atoms. The number of carboxylic acid groups (broad SMARTS) is 1. The summed E-state index contributed by atoms with van der Waals surface area (Å²) in [4.78, 5) is 28.9. The molecular formula is C19H20N2O3. The lowest BCUT2D eigenvalue weighted by molar-refractivity contribution is -0.116. The van der Waals surface area contributed by atoms with Crippen LogP contribution in [-0.2, 0) is 4.79 Å². The molecule has 1 aliphatic rings. The number of carboxylic acids is 1. The molecule has 1 fully saturated rings. The highest BCUT2D eigenvalue weighted by Crippen LogP contribution is 2.33. The monoisotopic (exact) mass is 324 g/mol. The number of pyridine rings is 1. The number of nitrogens with zero attached hydrogens (tertiary/aromatic N) is 2. The second-order valence-corrected chi connectivity index (χ2v) is 6.31. The lowest BCUT2D eigenvalue weighted by Gasteiger charge is -2.23. The molecule has 0 aliphatic heterocycles. The fraction of sp³-hybridized carbons (Fsp3) is 0.316. The molecule has 5 nitrogen and oxygen atoms in total. The van der Waals surface area contributed by atoms with Gasteiger partial charge in [0.1, 0.15) is 0 Å². The number of benzene rings is 1. The van der Waals surface area contributed by atoms with Crippen LogP contribution in [0, 0.1) is 12.8 Å². The third kappa shape index (κ3) is 3.45. The van der Waals surface area contributed by atoms with Crippen LogP contribution in [0.2, 0.25) is 0 Å². The average Bonchev–Trinajstić information content (AvgIpc) is 3.37. The second kappa shape index (κ2) is 6.43. The van der Waals surface area contributed by atoms with E-state index in [-0.39, 0.29) is 11.5 Å². The average molecular weight is 324 g/mol. The molecule has 1 aromatic heterocycles. The van der Waals surface area contributed by atoms with Crippen molar-refractivity contribution in [3.63, 3.8) is 0 Å². The van der Waals surface area contributed by atoms with E-state index < -0.39 is 5.97 Å². The Balaban J connectivity index is 1.88. The molecule has 0 saturated heterocycles. The summed E-state index contributed by atoms with van der Waals surface area (Å²) in [5.74, 6) is -0.308. The number of anilines is 1. The number of amides is 1. The topological polar surface area (TPSA) is 70.5 Å². The lowest BCUT2D eigenvalue weighted by atomic mass is 10.0. The van der Waals surface area contributed by atoms with Gasteiger partial charge in [0.25, 0.3) is 0 Å². The number of hydrogen-bond acceptors (Lipinski definition) is 3. The Hall–Kier alpha value is -2.69. The predicted octanol–water partition coefficient (Wildman–Crippen LogP) is 3.52. The summed E-state index contributed by atoms with van der Waals surface area (Å²) >= 11 is 0. The number of aryl methyl sites for hydroxylation is 1. The Morgan fingerprint density at radius 2 is 2.00 bits per heavy atom.